The largest absolute Gasteiger partial charge is 0.309 e. The lowest BCUT2D eigenvalue weighted by Gasteiger charge is -2.31. The van der Waals surface area contributed by atoms with Gasteiger partial charge >= 0.3 is 0 Å². The third-order valence-corrected chi connectivity index (χ3v) is 3.37. The van der Waals surface area contributed by atoms with Crippen LogP contribution in [0.4, 0.5) is 0 Å². The highest BCUT2D eigenvalue weighted by Crippen LogP contribution is 2.21. The van der Waals surface area contributed by atoms with Crippen molar-refractivity contribution in [1.29, 1.82) is 5.26 Å². The second-order valence-corrected chi connectivity index (χ2v) is 5.20. The first-order valence-corrected chi connectivity index (χ1v) is 6.46. The van der Waals surface area contributed by atoms with Gasteiger partial charge in [0, 0.05) is 6.54 Å². The molecule has 0 N–H and O–H groups in total. The van der Waals surface area contributed by atoms with Gasteiger partial charge in [0.2, 0.25) is 0 Å². The van der Waals surface area contributed by atoms with Gasteiger partial charge in [-0.15, -0.1) is 0 Å². The smallest absolute Gasteiger partial charge is 0.0866 e. The SMILES string of the molecule is CN(C)CCCCC1CCCN(CC#N)C1. The van der Waals surface area contributed by atoms with Gasteiger partial charge in [0.15, 0.2) is 0 Å². The summed E-state index contributed by atoms with van der Waals surface area (Å²) in [6.45, 7) is 4.10. The molecule has 1 heterocycles. The molecule has 92 valence electrons. The molecule has 1 fully saturated rings. The average Bonchev–Trinajstić information content (AvgIpc) is 2.25. The number of rotatable bonds is 6. The minimum atomic E-state index is 0.619. The molecule has 0 radical (unpaired) electrons. The Labute approximate surface area is 100 Å². The molecule has 0 aromatic carbocycles. The van der Waals surface area contributed by atoms with Gasteiger partial charge in [-0.25, -0.2) is 0 Å². The van der Waals surface area contributed by atoms with E-state index in [1.807, 2.05) is 0 Å². The standard InChI is InChI=1S/C13H25N3/c1-15(2)9-4-3-6-13-7-5-10-16(12-13)11-8-14/h13H,3-7,9-12H2,1-2H3. The van der Waals surface area contributed by atoms with Crippen LogP contribution in [0.2, 0.25) is 0 Å². The highest BCUT2D eigenvalue weighted by atomic mass is 15.1. The number of likely N-dealkylation sites (tertiary alicyclic amines) is 1. The molecule has 3 heteroatoms. The summed E-state index contributed by atoms with van der Waals surface area (Å²) in [6, 6.07) is 2.26. The molecule has 0 aromatic rings. The molecule has 16 heavy (non-hydrogen) atoms. The summed E-state index contributed by atoms with van der Waals surface area (Å²) in [5.41, 5.74) is 0. The Morgan fingerprint density at radius 1 is 1.38 bits per heavy atom. The molecule has 1 unspecified atom stereocenters. The molecule has 0 aromatic heterocycles. The van der Waals surface area contributed by atoms with Crippen LogP contribution >= 0.6 is 0 Å². The Balaban J connectivity index is 2.10. The maximum atomic E-state index is 8.68. The second kappa shape index (κ2) is 7.65. The van der Waals surface area contributed by atoms with Gasteiger partial charge in [0.1, 0.15) is 0 Å². The van der Waals surface area contributed by atoms with Gasteiger partial charge in [-0.1, -0.05) is 6.42 Å². The fourth-order valence-corrected chi connectivity index (χ4v) is 2.49. The first kappa shape index (κ1) is 13.5. The molecular formula is C13H25N3. The van der Waals surface area contributed by atoms with E-state index < -0.39 is 0 Å². The van der Waals surface area contributed by atoms with Crippen molar-refractivity contribution in [1.82, 2.24) is 9.80 Å². The Bertz CT molecular complexity index is 220. The Hall–Kier alpha value is -0.590. The second-order valence-electron chi connectivity index (χ2n) is 5.20. The van der Waals surface area contributed by atoms with Crippen LogP contribution in [0, 0.1) is 17.2 Å². The Morgan fingerprint density at radius 2 is 2.19 bits per heavy atom. The van der Waals surface area contributed by atoms with Crippen molar-refractivity contribution in [3.8, 4) is 6.07 Å². The molecule has 1 aliphatic rings. The van der Waals surface area contributed by atoms with E-state index >= 15 is 0 Å². The summed E-state index contributed by atoms with van der Waals surface area (Å²) in [5, 5.41) is 8.68. The maximum absolute atomic E-state index is 8.68. The summed E-state index contributed by atoms with van der Waals surface area (Å²) >= 11 is 0. The third-order valence-electron chi connectivity index (χ3n) is 3.37. The molecule has 0 saturated carbocycles. The summed E-state index contributed by atoms with van der Waals surface area (Å²) in [5.74, 6) is 0.837. The number of nitrogens with zero attached hydrogens (tertiary/aromatic N) is 3. The average molecular weight is 223 g/mol. The van der Waals surface area contributed by atoms with E-state index in [9.17, 15) is 0 Å². The molecule has 0 amide bonds. The summed E-state index contributed by atoms with van der Waals surface area (Å²) in [7, 11) is 4.27. The topological polar surface area (TPSA) is 30.3 Å². The molecule has 0 spiro atoms. The predicted molar refractivity (Wildman–Crippen MR) is 67.2 cm³/mol. The van der Waals surface area contributed by atoms with Gasteiger partial charge in [-0.05, 0) is 58.8 Å². The van der Waals surface area contributed by atoms with Crippen molar-refractivity contribution < 1.29 is 0 Å². The Kier molecular flexibility index (Phi) is 6.44. The van der Waals surface area contributed by atoms with Crippen molar-refractivity contribution in [3.05, 3.63) is 0 Å². The van der Waals surface area contributed by atoms with Crippen molar-refractivity contribution in [2.45, 2.75) is 32.1 Å². The highest BCUT2D eigenvalue weighted by Gasteiger charge is 2.18. The van der Waals surface area contributed by atoms with Crippen molar-refractivity contribution in [3.63, 3.8) is 0 Å². The molecule has 0 bridgehead atoms. The predicted octanol–water partition coefficient (Wildman–Crippen LogP) is 1.95. The quantitative estimate of drug-likeness (QED) is 0.509. The minimum Gasteiger partial charge on any atom is -0.309 e. The van der Waals surface area contributed by atoms with E-state index in [4.69, 9.17) is 5.26 Å². The summed E-state index contributed by atoms with van der Waals surface area (Å²) in [4.78, 5) is 4.56. The van der Waals surface area contributed by atoms with E-state index in [1.54, 1.807) is 0 Å². The number of nitriles is 1. The third kappa shape index (κ3) is 5.48. The van der Waals surface area contributed by atoms with Gasteiger partial charge in [0.05, 0.1) is 12.6 Å². The number of piperidine rings is 1. The first-order chi connectivity index (χ1) is 7.72. The van der Waals surface area contributed by atoms with E-state index in [0.717, 1.165) is 19.0 Å². The van der Waals surface area contributed by atoms with Crippen LogP contribution < -0.4 is 0 Å². The normalized spacial score (nSPS) is 22.2. The molecule has 3 nitrogen and oxygen atoms in total. The van der Waals surface area contributed by atoms with Gasteiger partial charge < -0.3 is 4.90 Å². The van der Waals surface area contributed by atoms with Crippen LogP contribution in [0.3, 0.4) is 0 Å². The van der Waals surface area contributed by atoms with Gasteiger partial charge in [-0.2, -0.15) is 5.26 Å². The van der Waals surface area contributed by atoms with E-state index in [1.165, 1.54) is 38.6 Å². The van der Waals surface area contributed by atoms with Crippen molar-refractivity contribution in [2.24, 2.45) is 5.92 Å². The molecule has 1 atom stereocenters. The lowest BCUT2D eigenvalue weighted by atomic mass is 9.93. The van der Waals surface area contributed by atoms with E-state index in [0.29, 0.717) is 6.54 Å². The number of unbranched alkanes of at least 4 members (excludes halogenated alkanes) is 1. The minimum absolute atomic E-state index is 0.619. The molecular weight excluding hydrogens is 198 g/mol. The fourth-order valence-electron chi connectivity index (χ4n) is 2.49. The van der Waals surface area contributed by atoms with Gasteiger partial charge in [0.25, 0.3) is 0 Å². The molecule has 0 aliphatic carbocycles. The van der Waals surface area contributed by atoms with E-state index in [-0.39, 0.29) is 0 Å². The van der Waals surface area contributed by atoms with Crippen molar-refractivity contribution >= 4 is 0 Å². The fraction of sp³-hybridized carbons (Fsp3) is 0.923. The van der Waals surface area contributed by atoms with Crippen LogP contribution in [0.25, 0.3) is 0 Å². The molecule has 1 saturated heterocycles. The van der Waals surface area contributed by atoms with Crippen LogP contribution in [0.1, 0.15) is 32.1 Å². The zero-order valence-electron chi connectivity index (χ0n) is 10.8. The maximum Gasteiger partial charge on any atom is 0.0866 e. The summed E-state index contributed by atoms with van der Waals surface area (Å²) < 4.78 is 0. The Morgan fingerprint density at radius 3 is 2.88 bits per heavy atom. The molecule has 1 rings (SSSR count). The first-order valence-electron chi connectivity index (χ1n) is 6.46. The van der Waals surface area contributed by atoms with Crippen LogP contribution in [-0.2, 0) is 0 Å². The van der Waals surface area contributed by atoms with Gasteiger partial charge in [-0.3, -0.25) is 4.90 Å². The van der Waals surface area contributed by atoms with E-state index in [2.05, 4.69) is 30.0 Å². The molecule has 1 aliphatic heterocycles. The number of hydrogen-bond donors (Lipinski definition) is 0. The lowest BCUT2D eigenvalue weighted by Crippen LogP contribution is -2.35. The van der Waals surface area contributed by atoms with Crippen LogP contribution in [0.5, 0.6) is 0 Å². The summed E-state index contributed by atoms with van der Waals surface area (Å²) in [6.07, 6.45) is 6.63. The van der Waals surface area contributed by atoms with Crippen LogP contribution in [0.15, 0.2) is 0 Å². The zero-order valence-corrected chi connectivity index (χ0v) is 10.8. The highest BCUT2D eigenvalue weighted by molar-refractivity contribution is 4.81. The number of hydrogen-bond acceptors (Lipinski definition) is 3. The van der Waals surface area contributed by atoms with Crippen molar-refractivity contribution in [2.75, 3.05) is 40.3 Å². The van der Waals surface area contributed by atoms with Crippen LogP contribution in [-0.4, -0.2) is 50.1 Å². The lowest BCUT2D eigenvalue weighted by molar-refractivity contribution is 0.182. The zero-order chi connectivity index (χ0) is 11.8. The monoisotopic (exact) mass is 223 g/mol.